The Bertz CT molecular complexity index is 839. The third-order valence-electron chi connectivity index (χ3n) is 4.20. The summed E-state index contributed by atoms with van der Waals surface area (Å²) in [6, 6.07) is 24.9. The number of hydrogen-bond donors (Lipinski definition) is 0. The van der Waals surface area contributed by atoms with E-state index in [9.17, 15) is 4.57 Å². The van der Waals surface area contributed by atoms with Crippen LogP contribution in [0.4, 0.5) is 0 Å². The molecule has 0 heterocycles. The fourth-order valence-electron chi connectivity index (χ4n) is 3.00. The molecule has 0 radical (unpaired) electrons. The molecule has 3 aromatic rings. The Hall–Kier alpha value is -2.51. The van der Waals surface area contributed by atoms with E-state index in [2.05, 4.69) is 0 Å². The van der Waals surface area contributed by atoms with E-state index < -0.39 is 7.14 Å². The van der Waals surface area contributed by atoms with Crippen molar-refractivity contribution in [2.24, 2.45) is 0 Å². The Balaban J connectivity index is 2.23. The lowest BCUT2D eigenvalue weighted by atomic mass is 10.2. The lowest BCUT2D eigenvalue weighted by Gasteiger charge is -2.23. The molecule has 4 heteroatoms. The molecule has 0 aromatic heterocycles. The maximum absolute atomic E-state index is 14.4. The summed E-state index contributed by atoms with van der Waals surface area (Å²) in [5.74, 6) is 1.26. The maximum Gasteiger partial charge on any atom is 0.154 e. The predicted molar refractivity (Wildman–Crippen MR) is 103 cm³/mol. The molecule has 0 N–H and O–H groups in total. The molecule has 0 unspecified atom stereocenters. The largest absolute Gasteiger partial charge is 0.496 e. The van der Waals surface area contributed by atoms with Crippen LogP contribution in [-0.4, -0.2) is 14.2 Å². The summed E-state index contributed by atoms with van der Waals surface area (Å²) in [5.41, 5.74) is 1.02. The van der Waals surface area contributed by atoms with Crippen molar-refractivity contribution in [3.63, 3.8) is 0 Å². The molecule has 0 saturated carbocycles. The molecular weight excluding hydrogens is 331 g/mol. The number of rotatable bonds is 6. The fourth-order valence-corrected chi connectivity index (χ4v) is 6.02. The van der Waals surface area contributed by atoms with Crippen LogP contribution in [0, 0.1) is 0 Å². The second kappa shape index (κ2) is 7.58. The predicted octanol–water partition coefficient (Wildman–Crippen LogP) is 4.22. The lowest BCUT2D eigenvalue weighted by molar-refractivity contribution is 0.416. The van der Waals surface area contributed by atoms with Gasteiger partial charge in [-0.2, -0.15) is 0 Å². The molecule has 0 aliphatic carbocycles. The van der Waals surface area contributed by atoms with Crippen LogP contribution in [0.5, 0.6) is 11.5 Å². The van der Waals surface area contributed by atoms with Crippen LogP contribution in [0.15, 0.2) is 78.9 Å². The number of para-hydroxylation sites is 2. The molecule has 3 aromatic carbocycles. The Morgan fingerprint density at radius 2 is 1.12 bits per heavy atom. The Morgan fingerprint density at radius 1 is 0.680 bits per heavy atom. The van der Waals surface area contributed by atoms with Gasteiger partial charge in [0.15, 0.2) is 7.14 Å². The highest BCUT2D eigenvalue weighted by molar-refractivity contribution is 7.78. The standard InChI is InChI=1S/C21H21O3P/c1-23-18-12-6-8-14-20(18)25(22,16-17-10-4-3-5-11-17)21-15-9-7-13-19(21)24-2/h3-15H,16H2,1-2H3. The number of hydrogen-bond acceptors (Lipinski definition) is 3. The highest BCUT2D eigenvalue weighted by Crippen LogP contribution is 2.51. The van der Waals surface area contributed by atoms with E-state index in [1.165, 1.54) is 0 Å². The molecule has 0 fully saturated rings. The Kier molecular flexibility index (Phi) is 5.25. The molecule has 25 heavy (non-hydrogen) atoms. The molecule has 0 aliphatic rings. The smallest absolute Gasteiger partial charge is 0.154 e. The van der Waals surface area contributed by atoms with Gasteiger partial charge in [0.1, 0.15) is 11.5 Å². The van der Waals surface area contributed by atoms with Crippen LogP contribution in [0.2, 0.25) is 0 Å². The third kappa shape index (κ3) is 3.47. The zero-order valence-corrected chi connectivity index (χ0v) is 15.3. The molecule has 0 amide bonds. The zero-order chi connectivity index (χ0) is 17.7. The molecular formula is C21H21O3P. The van der Waals surface area contributed by atoms with E-state index in [4.69, 9.17) is 9.47 Å². The van der Waals surface area contributed by atoms with Gasteiger partial charge in [0.05, 0.1) is 24.8 Å². The normalized spacial score (nSPS) is 11.1. The van der Waals surface area contributed by atoms with Crippen molar-refractivity contribution in [3.8, 4) is 11.5 Å². The molecule has 0 atom stereocenters. The van der Waals surface area contributed by atoms with E-state index in [1.807, 2.05) is 78.9 Å². The van der Waals surface area contributed by atoms with E-state index in [1.54, 1.807) is 14.2 Å². The third-order valence-corrected chi connectivity index (χ3v) is 7.30. The van der Waals surface area contributed by atoms with Gasteiger partial charge in [-0.05, 0) is 29.8 Å². The SMILES string of the molecule is COc1ccccc1P(=O)(Cc1ccccc1)c1ccccc1OC. The first-order chi connectivity index (χ1) is 12.2. The highest BCUT2D eigenvalue weighted by atomic mass is 31.2. The molecule has 128 valence electrons. The first-order valence-corrected chi connectivity index (χ1v) is 9.98. The molecule has 0 bridgehead atoms. The molecule has 3 rings (SSSR count). The highest BCUT2D eigenvalue weighted by Gasteiger charge is 2.33. The first-order valence-electron chi connectivity index (χ1n) is 8.09. The second-order valence-corrected chi connectivity index (χ2v) is 8.49. The minimum absolute atomic E-state index is 0.411. The van der Waals surface area contributed by atoms with Gasteiger partial charge in [-0.1, -0.05) is 54.6 Å². The Labute approximate surface area is 148 Å². The maximum atomic E-state index is 14.4. The summed E-state index contributed by atoms with van der Waals surface area (Å²) in [7, 11) is 0.206. The van der Waals surface area contributed by atoms with Crippen LogP contribution in [0.1, 0.15) is 5.56 Å². The summed E-state index contributed by atoms with van der Waals surface area (Å²) in [6.45, 7) is 0. The minimum Gasteiger partial charge on any atom is -0.496 e. The van der Waals surface area contributed by atoms with E-state index in [-0.39, 0.29) is 0 Å². The van der Waals surface area contributed by atoms with Crippen LogP contribution < -0.4 is 20.1 Å². The number of benzene rings is 3. The summed E-state index contributed by atoms with van der Waals surface area (Å²) in [5, 5.41) is 1.43. The van der Waals surface area contributed by atoms with E-state index in [0.29, 0.717) is 28.3 Å². The van der Waals surface area contributed by atoms with Crippen molar-refractivity contribution >= 4 is 17.8 Å². The average molecular weight is 352 g/mol. The summed E-state index contributed by atoms with van der Waals surface area (Å²) in [6.07, 6.45) is 0.411. The van der Waals surface area contributed by atoms with Crippen molar-refractivity contribution in [2.45, 2.75) is 6.16 Å². The van der Waals surface area contributed by atoms with E-state index in [0.717, 1.165) is 5.56 Å². The van der Waals surface area contributed by atoms with Gasteiger partial charge < -0.3 is 14.0 Å². The monoisotopic (exact) mass is 352 g/mol. The van der Waals surface area contributed by atoms with Gasteiger partial charge in [0.25, 0.3) is 0 Å². The minimum atomic E-state index is -3.00. The topological polar surface area (TPSA) is 35.5 Å². The van der Waals surface area contributed by atoms with Crippen molar-refractivity contribution in [3.05, 3.63) is 84.4 Å². The van der Waals surface area contributed by atoms with Gasteiger partial charge in [0, 0.05) is 6.16 Å². The molecule has 0 spiro atoms. The van der Waals surface area contributed by atoms with Gasteiger partial charge >= 0.3 is 0 Å². The summed E-state index contributed by atoms with van der Waals surface area (Å²) < 4.78 is 25.4. The van der Waals surface area contributed by atoms with Crippen molar-refractivity contribution in [1.29, 1.82) is 0 Å². The number of methoxy groups -OCH3 is 2. The first kappa shape index (κ1) is 17.3. The average Bonchev–Trinajstić information content (AvgIpc) is 2.68. The van der Waals surface area contributed by atoms with Gasteiger partial charge in [-0.3, -0.25) is 0 Å². The van der Waals surface area contributed by atoms with Crippen molar-refractivity contribution in [1.82, 2.24) is 0 Å². The van der Waals surface area contributed by atoms with Crippen molar-refractivity contribution in [2.75, 3.05) is 14.2 Å². The van der Waals surface area contributed by atoms with Crippen LogP contribution >= 0.6 is 7.14 Å². The Morgan fingerprint density at radius 3 is 1.60 bits per heavy atom. The van der Waals surface area contributed by atoms with Gasteiger partial charge in [-0.15, -0.1) is 0 Å². The van der Waals surface area contributed by atoms with Crippen LogP contribution in [0.25, 0.3) is 0 Å². The second-order valence-electron chi connectivity index (χ2n) is 5.73. The lowest BCUT2D eigenvalue weighted by Crippen LogP contribution is -2.21. The summed E-state index contributed by atoms with van der Waals surface area (Å²) in [4.78, 5) is 0. The van der Waals surface area contributed by atoms with E-state index >= 15 is 0 Å². The van der Waals surface area contributed by atoms with Crippen LogP contribution in [-0.2, 0) is 10.7 Å². The number of ether oxygens (including phenoxy) is 2. The van der Waals surface area contributed by atoms with Crippen molar-refractivity contribution < 1.29 is 14.0 Å². The molecule has 0 aliphatic heterocycles. The van der Waals surface area contributed by atoms with Crippen LogP contribution in [0.3, 0.4) is 0 Å². The van der Waals surface area contributed by atoms with Gasteiger partial charge in [-0.25, -0.2) is 0 Å². The quantitative estimate of drug-likeness (QED) is 0.623. The molecule has 0 saturated heterocycles. The molecule has 3 nitrogen and oxygen atoms in total. The summed E-state index contributed by atoms with van der Waals surface area (Å²) >= 11 is 0. The zero-order valence-electron chi connectivity index (χ0n) is 14.4. The van der Waals surface area contributed by atoms with Gasteiger partial charge in [0.2, 0.25) is 0 Å². The fraction of sp³-hybridized carbons (Fsp3) is 0.143.